The average molecular weight is 495 g/mol. The summed E-state index contributed by atoms with van der Waals surface area (Å²) in [5.74, 6) is -1.59. The lowest BCUT2D eigenvalue weighted by Crippen LogP contribution is -2.35. The molecule has 0 saturated carbocycles. The van der Waals surface area contributed by atoms with E-state index in [1.54, 1.807) is 12.1 Å². The highest BCUT2D eigenvalue weighted by atomic mass is 32.2. The lowest BCUT2D eigenvalue weighted by Gasteiger charge is -2.25. The van der Waals surface area contributed by atoms with Crippen molar-refractivity contribution in [3.63, 3.8) is 0 Å². The zero-order valence-corrected chi connectivity index (χ0v) is 21.0. The third kappa shape index (κ3) is 6.15. The Kier molecular flexibility index (Phi) is 8.71. The number of benzene rings is 2. The molecule has 0 aromatic heterocycles. The number of phenolic OH excluding ortho intramolecular Hbond substituents is 2. The molecule has 0 fully saturated rings. The number of phenols is 2. The van der Waals surface area contributed by atoms with Gasteiger partial charge in [0.15, 0.2) is 23.1 Å². The van der Waals surface area contributed by atoms with Crippen LogP contribution in [-0.4, -0.2) is 19.2 Å². The summed E-state index contributed by atoms with van der Waals surface area (Å²) >= 11 is 0. The summed E-state index contributed by atoms with van der Waals surface area (Å²) < 4.78 is 42.6. The SMILES string of the molecule is CC(C)(C)[S@](=O)N[C@@H]1CCCCc2c1ccc(O)c2F.N[C@@H]1CCCCc2c1ccc(O)c2F. The first-order valence-corrected chi connectivity index (χ1v) is 13.1. The molecule has 2 aromatic carbocycles. The molecule has 5 nitrogen and oxygen atoms in total. The van der Waals surface area contributed by atoms with Crippen molar-refractivity contribution < 1.29 is 23.2 Å². The zero-order chi connectivity index (χ0) is 25.0. The largest absolute Gasteiger partial charge is 0.505 e. The second kappa shape index (κ2) is 11.1. The Morgan fingerprint density at radius 1 is 0.882 bits per heavy atom. The normalized spacial score (nSPS) is 21.2. The highest BCUT2D eigenvalue weighted by Gasteiger charge is 2.27. The molecule has 0 unspecified atom stereocenters. The Hall–Kier alpha value is -2.03. The number of nitrogens with one attached hydrogen (secondary N) is 1. The van der Waals surface area contributed by atoms with Crippen LogP contribution < -0.4 is 10.5 Å². The molecular weight excluding hydrogens is 458 g/mol. The Morgan fingerprint density at radius 2 is 1.38 bits per heavy atom. The lowest BCUT2D eigenvalue weighted by molar-refractivity contribution is 0.427. The van der Waals surface area contributed by atoms with Crippen molar-refractivity contribution >= 4 is 11.0 Å². The van der Waals surface area contributed by atoms with Gasteiger partial charge in [-0.25, -0.2) is 17.7 Å². The van der Waals surface area contributed by atoms with Gasteiger partial charge in [0, 0.05) is 12.1 Å². The minimum absolute atomic E-state index is 0.0809. The van der Waals surface area contributed by atoms with Crippen molar-refractivity contribution in [3.8, 4) is 11.5 Å². The molecule has 0 amide bonds. The Bertz CT molecular complexity index is 1040. The van der Waals surface area contributed by atoms with Crippen molar-refractivity contribution in [2.75, 3.05) is 0 Å². The van der Waals surface area contributed by atoms with Crippen LogP contribution in [0.3, 0.4) is 0 Å². The molecule has 2 aromatic rings. The van der Waals surface area contributed by atoms with Crippen molar-refractivity contribution in [1.29, 1.82) is 0 Å². The van der Waals surface area contributed by atoms with E-state index in [1.165, 1.54) is 12.1 Å². The quantitative estimate of drug-likeness (QED) is 0.408. The number of halogens is 2. The molecule has 2 aliphatic carbocycles. The van der Waals surface area contributed by atoms with Crippen LogP contribution in [0.25, 0.3) is 0 Å². The van der Waals surface area contributed by atoms with Gasteiger partial charge in [0.1, 0.15) is 0 Å². The maximum atomic E-state index is 14.1. The van der Waals surface area contributed by atoms with Crippen LogP contribution in [-0.2, 0) is 23.8 Å². The van der Waals surface area contributed by atoms with E-state index in [0.717, 1.165) is 49.7 Å². The molecule has 188 valence electrons. The number of hydrogen-bond acceptors (Lipinski definition) is 4. The summed E-state index contributed by atoms with van der Waals surface area (Å²) in [6.07, 6.45) is 6.84. The van der Waals surface area contributed by atoms with E-state index >= 15 is 0 Å². The van der Waals surface area contributed by atoms with E-state index in [1.807, 2.05) is 20.8 Å². The fourth-order valence-electron chi connectivity index (χ4n) is 4.49. The number of fused-ring (bicyclic) bond motifs is 2. The summed E-state index contributed by atoms with van der Waals surface area (Å²) in [4.78, 5) is 0. The highest BCUT2D eigenvalue weighted by Crippen LogP contribution is 2.35. The summed E-state index contributed by atoms with van der Waals surface area (Å²) in [6.45, 7) is 5.72. The number of hydrogen-bond donors (Lipinski definition) is 4. The topological polar surface area (TPSA) is 95.6 Å². The molecule has 0 spiro atoms. The van der Waals surface area contributed by atoms with Gasteiger partial charge in [-0.15, -0.1) is 0 Å². The van der Waals surface area contributed by atoms with E-state index in [-0.39, 0.29) is 28.3 Å². The number of aromatic hydroxyl groups is 2. The molecule has 8 heteroatoms. The molecule has 4 rings (SSSR count). The van der Waals surface area contributed by atoms with Crippen LogP contribution in [0.15, 0.2) is 24.3 Å². The van der Waals surface area contributed by atoms with Gasteiger partial charge >= 0.3 is 0 Å². The fraction of sp³-hybridized carbons (Fsp3) is 0.538. The first-order valence-electron chi connectivity index (χ1n) is 11.9. The van der Waals surface area contributed by atoms with Gasteiger partial charge in [-0.3, -0.25) is 0 Å². The van der Waals surface area contributed by atoms with Crippen LogP contribution in [0.2, 0.25) is 0 Å². The molecule has 0 bridgehead atoms. The smallest absolute Gasteiger partial charge is 0.168 e. The summed E-state index contributed by atoms with van der Waals surface area (Å²) in [5, 5.41) is 18.7. The minimum Gasteiger partial charge on any atom is -0.505 e. The summed E-state index contributed by atoms with van der Waals surface area (Å²) in [7, 11) is -1.20. The van der Waals surface area contributed by atoms with Crippen LogP contribution in [0.1, 0.15) is 93.6 Å². The van der Waals surface area contributed by atoms with Crippen molar-refractivity contribution in [1.82, 2.24) is 4.72 Å². The van der Waals surface area contributed by atoms with E-state index in [2.05, 4.69) is 4.72 Å². The fourth-order valence-corrected chi connectivity index (χ4v) is 5.34. The van der Waals surface area contributed by atoms with E-state index in [9.17, 15) is 23.2 Å². The average Bonchev–Trinajstić information content (AvgIpc) is 3.10. The second-order valence-corrected chi connectivity index (χ2v) is 12.1. The predicted octanol–water partition coefficient (Wildman–Crippen LogP) is 5.61. The number of rotatable bonds is 2. The Balaban J connectivity index is 0.000000202. The van der Waals surface area contributed by atoms with Crippen molar-refractivity contribution in [2.45, 2.75) is 89.0 Å². The summed E-state index contributed by atoms with van der Waals surface area (Å²) in [5.41, 5.74) is 8.77. The van der Waals surface area contributed by atoms with Crippen LogP contribution in [0.5, 0.6) is 11.5 Å². The lowest BCUT2D eigenvalue weighted by atomic mass is 9.99. The second-order valence-electron chi connectivity index (χ2n) is 10.1. The molecule has 2 aliphatic rings. The van der Waals surface area contributed by atoms with Crippen LogP contribution >= 0.6 is 0 Å². The van der Waals surface area contributed by atoms with Gasteiger partial charge in [-0.1, -0.05) is 25.0 Å². The summed E-state index contributed by atoms with van der Waals surface area (Å²) in [6, 6.07) is 6.05. The zero-order valence-electron chi connectivity index (χ0n) is 20.2. The van der Waals surface area contributed by atoms with Gasteiger partial charge in [-0.05, 0) is 93.7 Å². The Labute approximate surface area is 203 Å². The molecule has 0 saturated heterocycles. The molecule has 34 heavy (non-hydrogen) atoms. The van der Waals surface area contributed by atoms with Gasteiger partial charge in [0.05, 0.1) is 15.7 Å². The minimum atomic E-state index is -1.20. The molecule has 0 aliphatic heterocycles. The molecule has 0 heterocycles. The Morgan fingerprint density at radius 3 is 1.94 bits per heavy atom. The van der Waals surface area contributed by atoms with Gasteiger partial charge in [0.25, 0.3) is 0 Å². The maximum Gasteiger partial charge on any atom is 0.168 e. The predicted molar refractivity (Wildman–Crippen MR) is 132 cm³/mol. The first kappa shape index (κ1) is 26.6. The molecule has 3 atom stereocenters. The standard InChI is InChI=1S/C15H22FNO2S.C11H14FNO/c1-15(2,3)20(19)17-12-7-5-4-6-11-10(12)8-9-13(18)14(11)16;12-11-8-3-1-2-4-9(13)7(8)5-6-10(11)14/h8-9,12,17-18H,4-7H2,1-3H3;5-6,9,14H,1-4,13H2/t12-,20+;9-/m11/s1. The number of nitrogens with two attached hydrogens (primary N) is 1. The molecular formula is C26H36F2N2O3S. The third-order valence-corrected chi connectivity index (χ3v) is 8.07. The van der Waals surface area contributed by atoms with E-state index < -0.39 is 22.6 Å². The monoisotopic (exact) mass is 494 g/mol. The van der Waals surface area contributed by atoms with Crippen molar-refractivity contribution in [2.24, 2.45) is 5.73 Å². The molecule has 0 radical (unpaired) electrons. The maximum absolute atomic E-state index is 14.1. The van der Waals surface area contributed by atoms with Gasteiger partial charge in [0.2, 0.25) is 0 Å². The third-order valence-electron chi connectivity index (χ3n) is 6.46. The molecule has 5 N–H and O–H groups in total. The first-order chi connectivity index (χ1) is 16.0. The van der Waals surface area contributed by atoms with Crippen LogP contribution in [0.4, 0.5) is 8.78 Å². The van der Waals surface area contributed by atoms with Gasteiger partial charge < -0.3 is 15.9 Å². The van der Waals surface area contributed by atoms with Crippen LogP contribution in [0, 0.1) is 11.6 Å². The van der Waals surface area contributed by atoms with E-state index in [4.69, 9.17) is 5.73 Å². The van der Waals surface area contributed by atoms with Crippen molar-refractivity contribution in [3.05, 3.63) is 58.2 Å². The van der Waals surface area contributed by atoms with E-state index in [0.29, 0.717) is 24.0 Å². The van der Waals surface area contributed by atoms with Gasteiger partial charge in [-0.2, -0.15) is 0 Å². The highest BCUT2D eigenvalue weighted by molar-refractivity contribution is 7.84.